The maximum Gasteiger partial charge on any atom is 0.317 e. The Labute approximate surface area is 145 Å². The molecule has 23 heavy (non-hydrogen) atoms. The van der Waals surface area contributed by atoms with Gasteiger partial charge in [0, 0.05) is 44.8 Å². The minimum absolute atomic E-state index is 0. The summed E-state index contributed by atoms with van der Waals surface area (Å²) in [6.07, 6.45) is 5.87. The van der Waals surface area contributed by atoms with Crippen molar-refractivity contribution in [3.8, 4) is 0 Å². The van der Waals surface area contributed by atoms with Gasteiger partial charge in [0.05, 0.1) is 13.2 Å². The highest BCUT2D eigenvalue weighted by Crippen LogP contribution is 2.18. The number of hydrogen-bond acceptors (Lipinski definition) is 4. The number of halogens is 1. The Morgan fingerprint density at radius 1 is 1.22 bits per heavy atom. The predicted octanol–water partition coefficient (Wildman–Crippen LogP) is 1.06. The van der Waals surface area contributed by atoms with Gasteiger partial charge in [0.15, 0.2) is 0 Å². The zero-order chi connectivity index (χ0) is 15.2. The second-order valence-corrected chi connectivity index (χ2v) is 6.72. The summed E-state index contributed by atoms with van der Waals surface area (Å²) in [4.78, 5) is 17.2. The number of nitrogens with zero attached hydrogens (tertiary/aromatic N) is 2. The molecule has 1 aliphatic carbocycles. The lowest BCUT2D eigenvalue weighted by Crippen LogP contribution is -2.52. The number of morpholine rings is 1. The molecular weight excluding hydrogens is 316 g/mol. The van der Waals surface area contributed by atoms with Crippen molar-refractivity contribution >= 4 is 18.4 Å². The van der Waals surface area contributed by atoms with Crippen molar-refractivity contribution in [1.82, 2.24) is 20.4 Å². The molecular formula is C16H31ClN4O2. The van der Waals surface area contributed by atoms with Crippen LogP contribution in [0.5, 0.6) is 0 Å². The average Bonchev–Trinajstić information content (AvgIpc) is 3.22. The zero-order valence-electron chi connectivity index (χ0n) is 14.0. The third-order valence-corrected chi connectivity index (χ3v) is 5.18. The van der Waals surface area contributed by atoms with Gasteiger partial charge in [0.1, 0.15) is 0 Å². The van der Waals surface area contributed by atoms with Gasteiger partial charge in [0.2, 0.25) is 0 Å². The minimum Gasteiger partial charge on any atom is -0.379 e. The second kappa shape index (κ2) is 9.67. The molecule has 6 nitrogen and oxygen atoms in total. The molecule has 3 aliphatic rings. The fraction of sp³-hybridized carbons (Fsp3) is 0.938. The second-order valence-electron chi connectivity index (χ2n) is 6.72. The Morgan fingerprint density at radius 3 is 2.61 bits per heavy atom. The highest BCUT2D eigenvalue weighted by molar-refractivity contribution is 5.85. The van der Waals surface area contributed by atoms with Crippen LogP contribution < -0.4 is 10.6 Å². The molecule has 2 N–H and O–H groups in total. The number of amides is 2. The molecule has 0 spiro atoms. The first-order valence-corrected chi connectivity index (χ1v) is 8.91. The molecule has 2 saturated heterocycles. The molecule has 3 fully saturated rings. The van der Waals surface area contributed by atoms with Crippen LogP contribution in [0.15, 0.2) is 0 Å². The molecule has 2 heterocycles. The lowest BCUT2D eigenvalue weighted by atomic mass is 10.2. The van der Waals surface area contributed by atoms with Crippen LogP contribution in [-0.2, 0) is 4.74 Å². The van der Waals surface area contributed by atoms with E-state index in [2.05, 4.69) is 20.4 Å². The van der Waals surface area contributed by atoms with E-state index in [1.807, 2.05) is 0 Å². The number of rotatable bonds is 5. The quantitative estimate of drug-likeness (QED) is 0.781. The summed E-state index contributed by atoms with van der Waals surface area (Å²) in [5, 5.41) is 6.64. The Morgan fingerprint density at radius 2 is 1.96 bits per heavy atom. The Bertz CT molecular complexity index is 354. The minimum atomic E-state index is 0. The maximum absolute atomic E-state index is 12.7. The van der Waals surface area contributed by atoms with E-state index in [0.29, 0.717) is 12.1 Å². The summed E-state index contributed by atoms with van der Waals surface area (Å²) >= 11 is 0. The number of ether oxygens (including phenoxy) is 1. The lowest BCUT2D eigenvalue weighted by Gasteiger charge is -2.33. The molecule has 1 atom stereocenters. The van der Waals surface area contributed by atoms with E-state index in [-0.39, 0.29) is 18.4 Å². The van der Waals surface area contributed by atoms with Gasteiger partial charge in [0.25, 0.3) is 0 Å². The van der Waals surface area contributed by atoms with Gasteiger partial charge < -0.3 is 20.3 Å². The van der Waals surface area contributed by atoms with Crippen molar-refractivity contribution in [3.05, 3.63) is 0 Å². The lowest BCUT2D eigenvalue weighted by molar-refractivity contribution is 0.0335. The number of hydrogen-bond donors (Lipinski definition) is 2. The third kappa shape index (κ3) is 5.48. The van der Waals surface area contributed by atoms with Crippen LogP contribution in [-0.4, -0.2) is 80.4 Å². The van der Waals surface area contributed by atoms with E-state index in [0.717, 1.165) is 71.7 Å². The Hall–Kier alpha value is -0.560. The van der Waals surface area contributed by atoms with Crippen molar-refractivity contribution < 1.29 is 9.53 Å². The fourth-order valence-corrected chi connectivity index (χ4v) is 3.76. The van der Waals surface area contributed by atoms with Crippen molar-refractivity contribution in [3.63, 3.8) is 0 Å². The monoisotopic (exact) mass is 346 g/mol. The summed E-state index contributed by atoms with van der Waals surface area (Å²) < 4.78 is 5.40. The van der Waals surface area contributed by atoms with Crippen LogP contribution in [0.25, 0.3) is 0 Å². The van der Waals surface area contributed by atoms with Gasteiger partial charge in [-0.1, -0.05) is 12.8 Å². The molecule has 2 amide bonds. The standard InChI is InChI=1S/C16H30N4O2.ClH/c21-16(18-14-3-1-2-4-14)20(15-5-6-17-13-15)8-7-19-9-11-22-12-10-19;/h14-15,17H,1-13H2,(H,18,21);1H. The van der Waals surface area contributed by atoms with E-state index < -0.39 is 0 Å². The van der Waals surface area contributed by atoms with Gasteiger partial charge in [-0.15, -0.1) is 12.4 Å². The third-order valence-electron chi connectivity index (χ3n) is 5.18. The van der Waals surface area contributed by atoms with Crippen LogP contribution in [0.1, 0.15) is 32.1 Å². The zero-order valence-corrected chi connectivity index (χ0v) is 14.8. The van der Waals surface area contributed by atoms with Gasteiger partial charge in [-0.2, -0.15) is 0 Å². The van der Waals surface area contributed by atoms with E-state index in [4.69, 9.17) is 4.74 Å². The number of carbonyl (C=O) groups excluding carboxylic acids is 1. The van der Waals surface area contributed by atoms with Crippen LogP contribution in [0.3, 0.4) is 0 Å². The van der Waals surface area contributed by atoms with Gasteiger partial charge in [-0.05, 0) is 25.8 Å². The van der Waals surface area contributed by atoms with E-state index in [9.17, 15) is 4.79 Å². The molecule has 1 unspecified atom stereocenters. The molecule has 1 saturated carbocycles. The normalized spacial score (nSPS) is 26.0. The van der Waals surface area contributed by atoms with Gasteiger partial charge >= 0.3 is 6.03 Å². The molecule has 2 aliphatic heterocycles. The summed E-state index contributed by atoms with van der Waals surface area (Å²) in [7, 11) is 0. The summed E-state index contributed by atoms with van der Waals surface area (Å²) in [5.41, 5.74) is 0. The van der Waals surface area contributed by atoms with E-state index in [1.165, 1.54) is 12.8 Å². The molecule has 7 heteroatoms. The largest absolute Gasteiger partial charge is 0.379 e. The number of urea groups is 1. The first-order valence-electron chi connectivity index (χ1n) is 8.91. The summed E-state index contributed by atoms with van der Waals surface area (Å²) in [5.74, 6) is 0. The highest BCUT2D eigenvalue weighted by Gasteiger charge is 2.29. The summed E-state index contributed by atoms with van der Waals surface area (Å²) in [6, 6.07) is 0.893. The number of carbonyl (C=O) groups is 1. The number of nitrogens with one attached hydrogen (secondary N) is 2. The predicted molar refractivity (Wildman–Crippen MR) is 93.3 cm³/mol. The first kappa shape index (κ1) is 18.8. The van der Waals surface area contributed by atoms with Crippen LogP contribution in [0.4, 0.5) is 4.79 Å². The van der Waals surface area contributed by atoms with Gasteiger partial charge in [-0.25, -0.2) is 4.79 Å². The average molecular weight is 347 g/mol. The molecule has 0 aromatic carbocycles. The Kier molecular flexibility index (Phi) is 7.89. The van der Waals surface area contributed by atoms with Crippen LogP contribution in [0.2, 0.25) is 0 Å². The molecule has 0 aromatic heterocycles. The van der Waals surface area contributed by atoms with Crippen molar-refractivity contribution in [2.24, 2.45) is 0 Å². The van der Waals surface area contributed by atoms with Crippen LogP contribution >= 0.6 is 12.4 Å². The smallest absolute Gasteiger partial charge is 0.317 e. The molecule has 3 rings (SSSR count). The van der Waals surface area contributed by atoms with E-state index in [1.54, 1.807) is 0 Å². The molecule has 0 radical (unpaired) electrons. The SMILES string of the molecule is Cl.O=C(NC1CCCC1)N(CCN1CCOCC1)C1CCNC1. The molecule has 0 bridgehead atoms. The Balaban J connectivity index is 0.00000192. The van der Waals surface area contributed by atoms with Crippen LogP contribution in [0, 0.1) is 0 Å². The van der Waals surface area contributed by atoms with Crippen molar-refractivity contribution in [2.75, 3.05) is 52.5 Å². The van der Waals surface area contributed by atoms with Crippen molar-refractivity contribution in [1.29, 1.82) is 0 Å². The fourth-order valence-electron chi connectivity index (χ4n) is 3.76. The van der Waals surface area contributed by atoms with Crippen molar-refractivity contribution in [2.45, 2.75) is 44.2 Å². The summed E-state index contributed by atoms with van der Waals surface area (Å²) in [6.45, 7) is 7.35. The topological polar surface area (TPSA) is 56.8 Å². The molecule has 134 valence electrons. The highest BCUT2D eigenvalue weighted by atomic mass is 35.5. The first-order chi connectivity index (χ1) is 10.8. The van der Waals surface area contributed by atoms with E-state index >= 15 is 0 Å². The van der Waals surface area contributed by atoms with Gasteiger partial charge in [-0.3, -0.25) is 4.90 Å². The maximum atomic E-state index is 12.7. The molecule has 0 aromatic rings.